The lowest BCUT2D eigenvalue weighted by Gasteiger charge is -2.57. The quantitative estimate of drug-likeness (QED) is 0.204. The van der Waals surface area contributed by atoms with Crippen LogP contribution in [0, 0.1) is 46.3 Å². The standard InChI is InChI=1S/C27H42O3.C21H25NO.H2O4S/c1-16-7-12-27(29-15-16)17(2)24-23(30-27)14-22-20-6-5-18-13-19(28)8-10-25(18,3)21(20)9-11-26(22,24)4;1-22-18-12-13-19(22)15-20(14-18)23-21(16-8-4-2-5-9-16)17-10-6-3-7-11-17;1-5(2,3)4/h9,16-20,22-24,28H,5-8,10-15H2,1-4H3;2-11,18-21H,12-15H2,1H3;(H2,1,2,3,4). The highest BCUT2D eigenvalue weighted by Crippen LogP contribution is 2.70. The third kappa shape index (κ3) is 8.27. The van der Waals surface area contributed by atoms with E-state index >= 15 is 0 Å². The lowest BCUT2D eigenvalue weighted by Crippen LogP contribution is -2.50. The molecular formula is C48H69NO8S. The van der Waals surface area contributed by atoms with Gasteiger partial charge < -0.3 is 24.2 Å². The number of aliphatic hydroxyl groups excluding tert-OH is 1. The first-order valence-corrected chi connectivity index (χ1v) is 23.8. The van der Waals surface area contributed by atoms with Crippen LogP contribution < -0.4 is 0 Å². The zero-order chi connectivity index (χ0) is 41.0. The van der Waals surface area contributed by atoms with E-state index in [0.717, 1.165) is 37.7 Å². The number of rotatable bonds is 4. The van der Waals surface area contributed by atoms with Crippen molar-refractivity contribution < 1.29 is 36.8 Å². The fraction of sp³-hybridized carbons (Fsp3) is 0.708. The van der Waals surface area contributed by atoms with Crippen molar-refractivity contribution in [1.82, 2.24) is 4.90 Å². The van der Waals surface area contributed by atoms with Crippen molar-refractivity contribution in [1.29, 1.82) is 0 Å². The number of allylic oxidation sites excluding steroid dienone is 2. The van der Waals surface area contributed by atoms with Gasteiger partial charge in [-0.15, -0.1) is 0 Å². The van der Waals surface area contributed by atoms with Crippen LogP contribution in [0.2, 0.25) is 0 Å². The molecule has 2 bridgehead atoms. The second kappa shape index (κ2) is 16.6. The Morgan fingerprint density at radius 3 is 2.03 bits per heavy atom. The molecule has 3 saturated carbocycles. The van der Waals surface area contributed by atoms with Crippen LogP contribution in [0.3, 0.4) is 0 Å². The summed E-state index contributed by atoms with van der Waals surface area (Å²) in [6.45, 7) is 10.7. The first-order chi connectivity index (χ1) is 27.6. The molecule has 10 heteroatoms. The summed E-state index contributed by atoms with van der Waals surface area (Å²) in [7, 11) is -2.38. The van der Waals surface area contributed by atoms with Gasteiger partial charge in [-0.3, -0.25) is 9.11 Å². The lowest BCUT2D eigenvalue weighted by molar-refractivity contribution is -0.272. The van der Waals surface area contributed by atoms with Crippen molar-refractivity contribution in [2.24, 2.45) is 46.3 Å². The number of piperidine rings is 1. The van der Waals surface area contributed by atoms with Crippen LogP contribution >= 0.6 is 0 Å². The number of ether oxygens (including phenoxy) is 3. The molecule has 2 aromatic carbocycles. The molecule has 10 rings (SSSR count). The van der Waals surface area contributed by atoms with Gasteiger partial charge in [0.15, 0.2) is 5.79 Å². The summed E-state index contributed by atoms with van der Waals surface area (Å²) in [6, 6.07) is 22.7. The highest BCUT2D eigenvalue weighted by molar-refractivity contribution is 7.79. The predicted molar refractivity (Wildman–Crippen MR) is 225 cm³/mol. The Morgan fingerprint density at radius 1 is 0.828 bits per heavy atom. The Labute approximate surface area is 347 Å². The number of nitrogens with zero attached hydrogens (tertiary/aromatic N) is 1. The van der Waals surface area contributed by atoms with Gasteiger partial charge in [0.25, 0.3) is 0 Å². The smallest absolute Gasteiger partial charge is 0.393 e. The van der Waals surface area contributed by atoms with Crippen LogP contribution in [0.4, 0.5) is 0 Å². The normalized spacial score (nSPS) is 42.8. The van der Waals surface area contributed by atoms with Crippen molar-refractivity contribution in [3.05, 3.63) is 83.4 Å². The van der Waals surface area contributed by atoms with E-state index in [1.165, 1.54) is 75.3 Å². The molecule has 4 aliphatic heterocycles. The van der Waals surface area contributed by atoms with Gasteiger partial charge in [-0.05, 0) is 136 Å². The molecule has 0 radical (unpaired) electrons. The fourth-order valence-electron chi connectivity index (χ4n) is 13.8. The van der Waals surface area contributed by atoms with Gasteiger partial charge in [-0.1, -0.05) is 100 Å². The summed E-state index contributed by atoms with van der Waals surface area (Å²) >= 11 is 0. The fourth-order valence-corrected chi connectivity index (χ4v) is 13.8. The van der Waals surface area contributed by atoms with E-state index in [9.17, 15) is 5.11 Å². The molecule has 4 heterocycles. The van der Waals surface area contributed by atoms with E-state index in [1.807, 2.05) is 0 Å². The van der Waals surface area contributed by atoms with Crippen LogP contribution in [-0.2, 0) is 24.6 Å². The zero-order valence-electron chi connectivity index (χ0n) is 35.4. The predicted octanol–water partition coefficient (Wildman–Crippen LogP) is 9.48. The minimum atomic E-state index is -4.67. The molecule has 320 valence electrons. The van der Waals surface area contributed by atoms with Crippen molar-refractivity contribution in [3.8, 4) is 0 Å². The van der Waals surface area contributed by atoms with Crippen LogP contribution in [0.1, 0.15) is 128 Å². The Bertz CT molecular complexity index is 1790. The molecule has 13 unspecified atom stereocenters. The van der Waals surface area contributed by atoms with Gasteiger partial charge in [-0.2, -0.15) is 8.42 Å². The van der Waals surface area contributed by atoms with Gasteiger partial charge in [-0.25, -0.2) is 0 Å². The largest absolute Gasteiger partial charge is 0.394 e. The molecule has 0 amide bonds. The van der Waals surface area contributed by atoms with Crippen LogP contribution in [-0.4, -0.2) is 77.4 Å². The van der Waals surface area contributed by atoms with E-state index in [4.69, 9.17) is 31.7 Å². The van der Waals surface area contributed by atoms with E-state index in [2.05, 4.69) is 106 Å². The number of fused-ring (bicyclic) bond motifs is 9. The Morgan fingerprint density at radius 2 is 1.45 bits per heavy atom. The molecule has 8 aliphatic rings. The highest BCUT2D eigenvalue weighted by Gasteiger charge is 2.68. The van der Waals surface area contributed by atoms with Crippen molar-refractivity contribution in [2.45, 2.75) is 153 Å². The minimum Gasteiger partial charge on any atom is -0.393 e. The molecule has 9 nitrogen and oxygen atoms in total. The third-order valence-electron chi connectivity index (χ3n) is 16.9. The van der Waals surface area contributed by atoms with E-state index in [1.54, 1.807) is 5.57 Å². The maximum atomic E-state index is 10.3. The van der Waals surface area contributed by atoms with Crippen LogP contribution in [0.25, 0.3) is 0 Å². The average Bonchev–Trinajstić information content (AvgIpc) is 3.71. The SMILES string of the molecule is CC1CCC2(OC1)OC1CC3C4CCC5CC(O)CCC5(C)C4=CCC3(C)C1C2C.CN1C2CCC1CC(OC(c1ccccc1)c1ccccc1)C2.O=S(=O)(O)O. The second-order valence-electron chi connectivity index (χ2n) is 20.1. The van der Waals surface area contributed by atoms with E-state index in [0.29, 0.717) is 58.8 Å². The van der Waals surface area contributed by atoms with Crippen LogP contribution in [0.5, 0.6) is 0 Å². The van der Waals surface area contributed by atoms with E-state index in [-0.39, 0.29) is 18.0 Å². The lowest BCUT2D eigenvalue weighted by atomic mass is 9.48. The van der Waals surface area contributed by atoms with Gasteiger partial charge >= 0.3 is 10.4 Å². The number of hydrogen-bond donors (Lipinski definition) is 3. The molecule has 13 atom stereocenters. The second-order valence-corrected chi connectivity index (χ2v) is 21.0. The number of aliphatic hydroxyl groups is 1. The highest BCUT2D eigenvalue weighted by atomic mass is 32.3. The molecule has 4 aliphatic carbocycles. The summed E-state index contributed by atoms with van der Waals surface area (Å²) in [5, 5.41) is 10.3. The van der Waals surface area contributed by atoms with Crippen LogP contribution in [0.15, 0.2) is 72.3 Å². The van der Waals surface area contributed by atoms with Gasteiger partial charge in [0.1, 0.15) is 6.10 Å². The van der Waals surface area contributed by atoms with Crippen molar-refractivity contribution in [3.63, 3.8) is 0 Å². The Kier molecular flexibility index (Phi) is 12.2. The molecule has 0 aromatic heterocycles. The molecule has 4 saturated heterocycles. The molecule has 1 spiro atoms. The summed E-state index contributed by atoms with van der Waals surface area (Å²) < 4.78 is 51.6. The van der Waals surface area contributed by atoms with E-state index < -0.39 is 10.4 Å². The molecule has 3 N–H and O–H groups in total. The number of benzene rings is 2. The topological polar surface area (TPSA) is 126 Å². The summed E-state index contributed by atoms with van der Waals surface area (Å²) in [5.41, 5.74) is 4.97. The third-order valence-corrected chi connectivity index (χ3v) is 16.9. The molecule has 2 aromatic rings. The minimum absolute atomic E-state index is 0.0465. The average molecular weight is 820 g/mol. The summed E-state index contributed by atoms with van der Waals surface area (Å²) in [6.07, 6.45) is 19.0. The first-order valence-electron chi connectivity index (χ1n) is 22.5. The summed E-state index contributed by atoms with van der Waals surface area (Å²) in [5.74, 6) is 3.68. The maximum absolute atomic E-state index is 10.3. The van der Waals surface area contributed by atoms with Crippen molar-refractivity contribution >= 4 is 10.4 Å². The molecule has 58 heavy (non-hydrogen) atoms. The first kappa shape index (κ1) is 42.5. The van der Waals surface area contributed by atoms with Gasteiger partial charge in [0, 0.05) is 24.4 Å². The molecular weight excluding hydrogens is 751 g/mol. The Balaban J connectivity index is 0.000000149. The number of hydrogen-bond acceptors (Lipinski definition) is 7. The zero-order valence-corrected chi connectivity index (χ0v) is 36.2. The summed E-state index contributed by atoms with van der Waals surface area (Å²) in [4.78, 5) is 2.57. The van der Waals surface area contributed by atoms with Gasteiger partial charge in [0.05, 0.1) is 24.9 Å². The van der Waals surface area contributed by atoms with Gasteiger partial charge in [0.2, 0.25) is 0 Å². The monoisotopic (exact) mass is 819 g/mol. The van der Waals surface area contributed by atoms with Crippen molar-refractivity contribution in [2.75, 3.05) is 13.7 Å². The maximum Gasteiger partial charge on any atom is 0.394 e. The Hall–Kier alpha value is -2.15. The molecule has 7 fully saturated rings.